The van der Waals surface area contributed by atoms with E-state index in [-0.39, 0.29) is 12.5 Å². The van der Waals surface area contributed by atoms with Crippen molar-refractivity contribution in [2.75, 3.05) is 19.6 Å². The minimum absolute atomic E-state index is 0.00935. The highest BCUT2D eigenvalue weighted by Gasteiger charge is 2.13. The van der Waals surface area contributed by atoms with Crippen LogP contribution in [-0.4, -0.2) is 36.0 Å². The van der Waals surface area contributed by atoms with Gasteiger partial charge in [0, 0.05) is 30.4 Å². The summed E-state index contributed by atoms with van der Waals surface area (Å²) in [5.74, 6) is 0.331. The lowest BCUT2D eigenvalue weighted by Gasteiger charge is -2.21. The van der Waals surface area contributed by atoms with E-state index in [0.29, 0.717) is 12.1 Å². The number of fused-ring (bicyclic) bond motifs is 1. The molecular weight excluding hydrogens is 400 g/mol. The molecule has 4 N–H and O–H groups in total. The highest BCUT2D eigenvalue weighted by molar-refractivity contribution is 6.00. The van der Waals surface area contributed by atoms with Gasteiger partial charge in [-0.3, -0.25) is 9.59 Å². The molecule has 1 aliphatic carbocycles. The number of nitrogens with two attached hydrogens (primary N) is 1. The van der Waals surface area contributed by atoms with E-state index in [9.17, 15) is 9.59 Å². The molecule has 168 valence electrons. The molecule has 0 aliphatic heterocycles. The molecule has 1 fully saturated rings. The second kappa shape index (κ2) is 10.5. The number of aromatic nitrogens is 1. The maximum atomic E-state index is 12.5. The highest BCUT2D eigenvalue weighted by atomic mass is 16.2. The van der Waals surface area contributed by atoms with Gasteiger partial charge in [-0.1, -0.05) is 49.6 Å². The number of hydrogen-bond donors (Lipinski definition) is 3. The number of rotatable bonds is 9. The van der Waals surface area contributed by atoms with E-state index in [1.165, 1.54) is 32.1 Å². The molecule has 2 amide bonds. The van der Waals surface area contributed by atoms with Crippen molar-refractivity contribution in [2.24, 2.45) is 11.7 Å². The van der Waals surface area contributed by atoms with Crippen LogP contribution in [0.5, 0.6) is 0 Å². The first-order valence-corrected chi connectivity index (χ1v) is 11.6. The summed E-state index contributed by atoms with van der Waals surface area (Å²) >= 11 is 0. The summed E-state index contributed by atoms with van der Waals surface area (Å²) in [7, 11) is 0. The Morgan fingerprint density at radius 2 is 1.81 bits per heavy atom. The summed E-state index contributed by atoms with van der Waals surface area (Å²) in [6, 6.07) is 15.3. The van der Waals surface area contributed by atoms with Crippen molar-refractivity contribution in [1.82, 2.24) is 15.2 Å². The Kier molecular flexibility index (Phi) is 7.22. The van der Waals surface area contributed by atoms with Crippen molar-refractivity contribution in [1.29, 1.82) is 0 Å². The molecule has 3 aromatic rings. The Balaban J connectivity index is 1.35. The van der Waals surface area contributed by atoms with Crippen LogP contribution in [0.25, 0.3) is 22.0 Å². The lowest BCUT2D eigenvalue weighted by molar-refractivity contribution is -0.121. The summed E-state index contributed by atoms with van der Waals surface area (Å²) in [6.07, 6.45) is 8.65. The van der Waals surface area contributed by atoms with Gasteiger partial charge in [-0.15, -0.1) is 0 Å². The zero-order valence-corrected chi connectivity index (χ0v) is 18.5. The van der Waals surface area contributed by atoms with Gasteiger partial charge in [0.05, 0.1) is 0 Å². The van der Waals surface area contributed by atoms with Crippen LogP contribution in [0.4, 0.5) is 0 Å². The summed E-state index contributed by atoms with van der Waals surface area (Å²) < 4.78 is 1.94. The molecule has 4 rings (SSSR count). The largest absolute Gasteiger partial charge is 0.366 e. The van der Waals surface area contributed by atoms with Crippen LogP contribution in [0.3, 0.4) is 0 Å². The molecule has 0 unspecified atom stereocenters. The second-order valence-corrected chi connectivity index (χ2v) is 8.69. The minimum Gasteiger partial charge on any atom is -0.366 e. The summed E-state index contributed by atoms with van der Waals surface area (Å²) in [5, 5.41) is 7.54. The Morgan fingerprint density at radius 3 is 2.62 bits per heavy atom. The van der Waals surface area contributed by atoms with E-state index in [1.807, 2.05) is 47.2 Å². The smallest absolute Gasteiger partial charge is 0.249 e. The molecule has 6 nitrogen and oxygen atoms in total. The number of primary amides is 1. The van der Waals surface area contributed by atoms with Gasteiger partial charge < -0.3 is 20.9 Å². The first-order valence-electron chi connectivity index (χ1n) is 11.6. The number of hydrogen-bond acceptors (Lipinski definition) is 3. The van der Waals surface area contributed by atoms with E-state index in [4.69, 9.17) is 5.73 Å². The molecule has 1 aliphatic rings. The number of benzene rings is 2. The zero-order chi connectivity index (χ0) is 22.3. The Morgan fingerprint density at radius 1 is 1.00 bits per heavy atom. The third-order valence-corrected chi connectivity index (χ3v) is 6.37. The molecule has 32 heavy (non-hydrogen) atoms. The SMILES string of the molecule is NC(=O)c1ccccc1-c1ccc2ccn(CC(=O)NCCNCC3CCCCC3)c2c1. The fourth-order valence-electron chi connectivity index (χ4n) is 4.64. The first kappa shape index (κ1) is 22.1. The molecule has 1 heterocycles. The van der Waals surface area contributed by atoms with Gasteiger partial charge in [-0.2, -0.15) is 0 Å². The van der Waals surface area contributed by atoms with Crippen molar-refractivity contribution in [3.63, 3.8) is 0 Å². The quantitative estimate of drug-likeness (QED) is 0.451. The van der Waals surface area contributed by atoms with E-state index < -0.39 is 5.91 Å². The maximum absolute atomic E-state index is 12.5. The number of carbonyl (C=O) groups excluding carboxylic acids is 2. The van der Waals surface area contributed by atoms with Crippen molar-refractivity contribution >= 4 is 22.7 Å². The summed E-state index contributed by atoms with van der Waals surface area (Å²) in [5.41, 5.74) is 8.69. The van der Waals surface area contributed by atoms with Crippen LogP contribution in [0.2, 0.25) is 0 Å². The van der Waals surface area contributed by atoms with E-state index in [2.05, 4.69) is 10.6 Å². The van der Waals surface area contributed by atoms with Gasteiger partial charge >= 0.3 is 0 Å². The van der Waals surface area contributed by atoms with Crippen LogP contribution in [0.1, 0.15) is 42.5 Å². The van der Waals surface area contributed by atoms with E-state index >= 15 is 0 Å². The molecule has 0 atom stereocenters. The van der Waals surface area contributed by atoms with Gasteiger partial charge in [0.25, 0.3) is 0 Å². The van der Waals surface area contributed by atoms with Gasteiger partial charge in [0.15, 0.2) is 0 Å². The molecular formula is C26H32N4O2. The van der Waals surface area contributed by atoms with Crippen molar-refractivity contribution in [3.8, 4) is 11.1 Å². The summed E-state index contributed by atoms with van der Waals surface area (Å²) in [4.78, 5) is 24.3. The normalized spacial score (nSPS) is 14.5. The van der Waals surface area contributed by atoms with E-state index in [1.54, 1.807) is 12.1 Å². The van der Waals surface area contributed by atoms with Crippen LogP contribution >= 0.6 is 0 Å². The molecule has 2 aromatic carbocycles. The molecule has 1 aromatic heterocycles. The standard InChI is InChI=1S/C26H32N4O2/c27-26(32)23-9-5-4-8-22(23)21-11-10-20-12-15-30(24(20)16-21)18-25(31)29-14-13-28-17-19-6-2-1-3-7-19/h4-5,8-12,15-16,19,28H,1-3,6-7,13-14,17-18H2,(H2,27,32)(H,29,31). The number of amides is 2. The van der Waals surface area contributed by atoms with Crippen molar-refractivity contribution in [3.05, 3.63) is 60.3 Å². The minimum atomic E-state index is -0.451. The van der Waals surface area contributed by atoms with Gasteiger partial charge in [0.1, 0.15) is 6.54 Å². The number of carbonyl (C=O) groups is 2. The van der Waals surface area contributed by atoms with Crippen LogP contribution in [0.15, 0.2) is 54.7 Å². The third-order valence-electron chi connectivity index (χ3n) is 6.37. The maximum Gasteiger partial charge on any atom is 0.249 e. The Hall–Kier alpha value is -3.12. The zero-order valence-electron chi connectivity index (χ0n) is 18.5. The summed E-state index contributed by atoms with van der Waals surface area (Å²) in [6.45, 7) is 2.73. The van der Waals surface area contributed by atoms with Crippen LogP contribution in [0, 0.1) is 5.92 Å². The average Bonchev–Trinajstić information content (AvgIpc) is 3.21. The molecule has 0 bridgehead atoms. The van der Waals surface area contributed by atoms with Crippen molar-refractivity contribution in [2.45, 2.75) is 38.6 Å². The Bertz CT molecular complexity index is 1080. The first-order chi connectivity index (χ1) is 15.6. The predicted molar refractivity (Wildman–Crippen MR) is 128 cm³/mol. The molecule has 0 radical (unpaired) electrons. The number of nitrogens with one attached hydrogen (secondary N) is 2. The van der Waals surface area contributed by atoms with Crippen molar-refractivity contribution < 1.29 is 9.59 Å². The Labute approximate surface area is 189 Å². The molecule has 1 saturated carbocycles. The molecule has 0 spiro atoms. The van der Waals surface area contributed by atoms with Gasteiger partial charge in [-0.05, 0) is 60.0 Å². The highest BCUT2D eigenvalue weighted by Crippen LogP contribution is 2.28. The second-order valence-electron chi connectivity index (χ2n) is 8.69. The van der Waals surface area contributed by atoms with E-state index in [0.717, 1.165) is 41.0 Å². The molecule has 0 saturated heterocycles. The lowest BCUT2D eigenvalue weighted by atomic mass is 9.89. The topological polar surface area (TPSA) is 89.2 Å². The predicted octanol–water partition coefficient (Wildman–Crippen LogP) is 3.69. The van der Waals surface area contributed by atoms with Gasteiger partial charge in [-0.25, -0.2) is 0 Å². The average molecular weight is 433 g/mol. The monoisotopic (exact) mass is 432 g/mol. The van der Waals surface area contributed by atoms with Crippen LogP contribution < -0.4 is 16.4 Å². The van der Waals surface area contributed by atoms with Crippen LogP contribution in [-0.2, 0) is 11.3 Å². The fourth-order valence-corrected chi connectivity index (χ4v) is 4.64. The fraction of sp³-hybridized carbons (Fsp3) is 0.385. The third kappa shape index (κ3) is 5.37. The molecule has 6 heteroatoms. The lowest BCUT2D eigenvalue weighted by Crippen LogP contribution is -2.35. The van der Waals surface area contributed by atoms with Gasteiger partial charge in [0.2, 0.25) is 11.8 Å². The number of nitrogens with zero attached hydrogens (tertiary/aromatic N) is 1.